The minimum Gasteiger partial charge on any atom is -0.378 e. The smallest absolute Gasteiger partial charge is 0.106 e. The third-order valence-corrected chi connectivity index (χ3v) is 4.32. The highest BCUT2D eigenvalue weighted by Crippen LogP contribution is 2.31. The van der Waals surface area contributed by atoms with Crippen molar-refractivity contribution in [1.82, 2.24) is 5.32 Å². The monoisotopic (exact) mass is 252 g/mol. The minimum atomic E-state index is -0.442. The van der Waals surface area contributed by atoms with E-state index in [2.05, 4.69) is 25.2 Å². The summed E-state index contributed by atoms with van der Waals surface area (Å²) in [5, 5.41) is 12.4. The summed E-state index contributed by atoms with van der Waals surface area (Å²) in [4.78, 5) is 0. The minimum absolute atomic E-state index is 0.403. The molecule has 4 atom stereocenters. The summed E-state index contributed by atoms with van der Waals surface area (Å²) < 4.78 is 5.95. The van der Waals surface area contributed by atoms with E-state index in [4.69, 9.17) is 10.00 Å². The van der Waals surface area contributed by atoms with Gasteiger partial charge >= 0.3 is 0 Å². The van der Waals surface area contributed by atoms with Crippen LogP contribution in [0.3, 0.4) is 0 Å². The van der Waals surface area contributed by atoms with E-state index in [1.54, 1.807) is 0 Å². The zero-order chi connectivity index (χ0) is 13.6. The van der Waals surface area contributed by atoms with Crippen LogP contribution in [0.1, 0.15) is 53.4 Å². The molecular formula is C15H28N2O. The topological polar surface area (TPSA) is 45.0 Å². The molecule has 0 aromatic rings. The molecule has 0 saturated heterocycles. The molecule has 0 aromatic heterocycles. The van der Waals surface area contributed by atoms with Crippen molar-refractivity contribution >= 4 is 0 Å². The summed E-state index contributed by atoms with van der Waals surface area (Å²) in [5.74, 6) is 1.59. The Balaban J connectivity index is 2.27. The van der Waals surface area contributed by atoms with Crippen molar-refractivity contribution in [2.75, 3.05) is 13.2 Å². The number of nitrogens with zero attached hydrogens (tertiary/aromatic N) is 1. The average molecular weight is 252 g/mol. The quantitative estimate of drug-likeness (QED) is 0.790. The number of nitriles is 1. The van der Waals surface area contributed by atoms with Crippen LogP contribution >= 0.6 is 0 Å². The van der Waals surface area contributed by atoms with Crippen LogP contribution in [0, 0.1) is 23.2 Å². The maximum Gasteiger partial charge on any atom is 0.106 e. The fourth-order valence-electron chi connectivity index (χ4n) is 2.65. The lowest BCUT2D eigenvalue weighted by atomic mass is 9.80. The van der Waals surface area contributed by atoms with Gasteiger partial charge in [0.1, 0.15) is 5.54 Å². The molecule has 18 heavy (non-hydrogen) atoms. The molecule has 3 heteroatoms. The van der Waals surface area contributed by atoms with Crippen molar-refractivity contribution in [2.24, 2.45) is 11.8 Å². The second kappa shape index (κ2) is 7.11. The Morgan fingerprint density at radius 2 is 2.06 bits per heavy atom. The van der Waals surface area contributed by atoms with Crippen LogP contribution in [0.2, 0.25) is 0 Å². The first-order chi connectivity index (χ1) is 8.50. The summed E-state index contributed by atoms with van der Waals surface area (Å²) in [6.45, 7) is 10.1. The first kappa shape index (κ1) is 15.5. The Morgan fingerprint density at radius 3 is 2.61 bits per heavy atom. The van der Waals surface area contributed by atoms with Gasteiger partial charge in [-0.15, -0.1) is 0 Å². The van der Waals surface area contributed by atoms with Crippen molar-refractivity contribution in [2.45, 2.75) is 65.0 Å². The Kier molecular flexibility index (Phi) is 6.11. The molecular weight excluding hydrogens is 224 g/mol. The number of ether oxygens (including phenoxy) is 1. The predicted octanol–water partition coefficient (Wildman–Crippen LogP) is 3.11. The molecule has 1 fully saturated rings. The molecule has 1 aliphatic rings. The second-order valence-electron chi connectivity index (χ2n) is 5.98. The van der Waals surface area contributed by atoms with Crippen LogP contribution in [0.15, 0.2) is 0 Å². The van der Waals surface area contributed by atoms with E-state index in [0.29, 0.717) is 12.7 Å². The number of hydrogen-bond donors (Lipinski definition) is 1. The molecule has 0 radical (unpaired) electrons. The molecule has 0 spiro atoms. The van der Waals surface area contributed by atoms with E-state index in [1.165, 1.54) is 19.3 Å². The zero-order valence-corrected chi connectivity index (χ0v) is 12.3. The first-order valence-corrected chi connectivity index (χ1v) is 7.28. The largest absolute Gasteiger partial charge is 0.378 e. The normalized spacial score (nSPS) is 31.6. The SMILES string of the molecule is CCNC(C)(C#N)CCOC1CCC(C)C(C)C1. The fraction of sp³-hybridized carbons (Fsp3) is 0.933. The molecule has 1 rings (SSSR count). The lowest BCUT2D eigenvalue weighted by Crippen LogP contribution is -2.42. The first-order valence-electron chi connectivity index (χ1n) is 7.28. The van der Waals surface area contributed by atoms with E-state index in [-0.39, 0.29) is 0 Å². The van der Waals surface area contributed by atoms with Crippen molar-refractivity contribution in [3.05, 3.63) is 0 Å². The summed E-state index contributed by atoms with van der Waals surface area (Å²) in [6.07, 6.45) is 4.79. The fourth-order valence-corrected chi connectivity index (χ4v) is 2.65. The molecule has 3 nitrogen and oxygen atoms in total. The number of nitrogens with one attached hydrogen (secondary N) is 1. The van der Waals surface area contributed by atoms with Crippen molar-refractivity contribution in [3.63, 3.8) is 0 Å². The molecule has 0 amide bonds. The van der Waals surface area contributed by atoms with Crippen LogP contribution in [0.25, 0.3) is 0 Å². The van der Waals surface area contributed by atoms with Gasteiger partial charge in [-0.25, -0.2) is 0 Å². The van der Waals surface area contributed by atoms with Crippen LogP contribution < -0.4 is 5.32 Å². The molecule has 0 bridgehead atoms. The van der Waals surface area contributed by atoms with Gasteiger partial charge in [-0.05, 0) is 44.6 Å². The van der Waals surface area contributed by atoms with Gasteiger partial charge < -0.3 is 4.74 Å². The molecule has 0 heterocycles. The molecule has 104 valence electrons. The summed E-state index contributed by atoms with van der Waals surface area (Å²) >= 11 is 0. The third-order valence-electron chi connectivity index (χ3n) is 4.32. The molecule has 1 N–H and O–H groups in total. The summed E-state index contributed by atoms with van der Waals surface area (Å²) in [5.41, 5.74) is -0.442. The van der Waals surface area contributed by atoms with E-state index < -0.39 is 5.54 Å². The Labute approximate surface area is 112 Å². The van der Waals surface area contributed by atoms with E-state index in [0.717, 1.165) is 24.8 Å². The summed E-state index contributed by atoms with van der Waals surface area (Å²) in [6, 6.07) is 2.34. The van der Waals surface area contributed by atoms with Gasteiger partial charge in [-0.1, -0.05) is 20.8 Å². The summed E-state index contributed by atoms with van der Waals surface area (Å²) in [7, 11) is 0. The van der Waals surface area contributed by atoms with Crippen LogP contribution in [-0.2, 0) is 4.74 Å². The molecule has 4 unspecified atom stereocenters. The van der Waals surface area contributed by atoms with E-state index in [1.807, 2.05) is 13.8 Å². The Morgan fingerprint density at radius 1 is 1.33 bits per heavy atom. The standard InChI is InChI=1S/C15H28N2O/c1-5-17-15(4,11-16)8-9-18-14-7-6-12(2)13(3)10-14/h12-14,17H,5-10H2,1-4H3. The number of hydrogen-bond acceptors (Lipinski definition) is 3. The molecule has 1 saturated carbocycles. The Bertz CT molecular complexity index is 287. The van der Waals surface area contributed by atoms with Crippen molar-refractivity contribution in [3.8, 4) is 6.07 Å². The lowest BCUT2D eigenvalue weighted by molar-refractivity contribution is -0.00307. The highest BCUT2D eigenvalue weighted by Gasteiger charge is 2.26. The van der Waals surface area contributed by atoms with Crippen molar-refractivity contribution in [1.29, 1.82) is 5.26 Å². The van der Waals surface area contributed by atoms with Gasteiger partial charge in [-0.3, -0.25) is 5.32 Å². The van der Waals surface area contributed by atoms with Crippen LogP contribution in [-0.4, -0.2) is 24.8 Å². The predicted molar refractivity (Wildman–Crippen MR) is 74.2 cm³/mol. The zero-order valence-electron chi connectivity index (χ0n) is 12.3. The molecule has 0 aromatic carbocycles. The average Bonchev–Trinajstić information content (AvgIpc) is 2.34. The highest BCUT2D eigenvalue weighted by molar-refractivity contribution is 5.03. The van der Waals surface area contributed by atoms with E-state index in [9.17, 15) is 0 Å². The maximum atomic E-state index is 9.16. The number of rotatable bonds is 6. The van der Waals surface area contributed by atoms with Crippen LogP contribution in [0.5, 0.6) is 0 Å². The van der Waals surface area contributed by atoms with Gasteiger partial charge in [0.2, 0.25) is 0 Å². The second-order valence-corrected chi connectivity index (χ2v) is 5.98. The van der Waals surface area contributed by atoms with Crippen LogP contribution in [0.4, 0.5) is 0 Å². The van der Waals surface area contributed by atoms with Gasteiger partial charge in [0.15, 0.2) is 0 Å². The van der Waals surface area contributed by atoms with E-state index >= 15 is 0 Å². The van der Waals surface area contributed by atoms with Gasteiger partial charge in [0.25, 0.3) is 0 Å². The lowest BCUT2D eigenvalue weighted by Gasteiger charge is -2.32. The Hall–Kier alpha value is -0.590. The third kappa shape index (κ3) is 4.59. The molecule has 1 aliphatic carbocycles. The van der Waals surface area contributed by atoms with Gasteiger partial charge in [0, 0.05) is 13.0 Å². The molecule has 0 aliphatic heterocycles. The maximum absolute atomic E-state index is 9.16. The van der Waals surface area contributed by atoms with Gasteiger partial charge in [0.05, 0.1) is 12.2 Å². The van der Waals surface area contributed by atoms with Crippen molar-refractivity contribution < 1.29 is 4.74 Å². The van der Waals surface area contributed by atoms with Gasteiger partial charge in [-0.2, -0.15) is 5.26 Å². The highest BCUT2D eigenvalue weighted by atomic mass is 16.5.